The second-order valence-corrected chi connectivity index (χ2v) is 6.06. The minimum absolute atomic E-state index is 0.217. The lowest BCUT2D eigenvalue weighted by Crippen LogP contribution is -2.36. The van der Waals surface area contributed by atoms with Gasteiger partial charge in [-0.2, -0.15) is 0 Å². The number of nitrogens with zero attached hydrogens (tertiary/aromatic N) is 1. The van der Waals surface area contributed by atoms with Crippen LogP contribution in [0.3, 0.4) is 0 Å². The van der Waals surface area contributed by atoms with Crippen LogP contribution < -0.4 is 5.32 Å². The number of amides is 1. The van der Waals surface area contributed by atoms with Gasteiger partial charge in [0.2, 0.25) is 5.91 Å². The first-order chi connectivity index (χ1) is 10.8. The van der Waals surface area contributed by atoms with Crippen molar-refractivity contribution in [2.45, 2.75) is 58.4 Å². The van der Waals surface area contributed by atoms with Crippen LogP contribution in [0.1, 0.15) is 69.5 Å². The van der Waals surface area contributed by atoms with Crippen molar-refractivity contribution < 1.29 is 4.79 Å². The highest BCUT2D eigenvalue weighted by molar-refractivity contribution is 5.73. The first-order valence-electron chi connectivity index (χ1n) is 8.83. The van der Waals surface area contributed by atoms with Crippen LogP contribution in [-0.2, 0) is 4.79 Å². The fourth-order valence-corrected chi connectivity index (χ4v) is 3.66. The second-order valence-electron chi connectivity index (χ2n) is 6.06. The standard InChI is InChI=1S/C17H24N2O.C2H6/c1-13(20)19-11-8-14(9-12-19)15-5-2-3-6-16(15)17-7-4-10-18-17;1-2/h2-3,5-6,14,17-18H,4,7-12H2,1H3;1-2H3/t17-;/m1./s1. The average Bonchev–Trinajstić information content (AvgIpc) is 3.11. The third kappa shape index (κ3) is 3.89. The van der Waals surface area contributed by atoms with E-state index in [1.807, 2.05) is 18.7 Å². The molecule has 0 aromatic heterocycles. The summed E-state index contributed by atoms with van der Waals surface area (Å²) in [6, 6.07) is 9.44. The largest absolute Gasteiger partial charge is 0.343 e. The van der Waals surface area contributed by atoms with E-state index >= 15 is 0 Å². The van der Waals surface area contributed by atoms with Crippen LogP contribution in [-0.4, -0.2) is 30.4 Å². The molecule has 2 heterocycles. The molecule has 0 saturated carbocycles. The molecule has 0 unspecified atom stereocenters. The van der Waals surface area contributed by atoms with Gasteiger partial charge in [-0.3, -0.25) is 4.79 Å². The van der Waals surface area contributed by atoms with Gasteiger partial charge in [0.25, 0.3) is 0 Å². The fourth-order valence-electron chi connectivity index (χ4n) is 3.66. The Hall–Kier alpha value is -1.35. The molecule has 3 nitrogen and oxygen atoms in total. The van der Waals surface area contributed by atoms with Crippen molar-refractivity contribution in [1.82, 2.24) is 10.2 Å². The van der Waals surface area contributed by atoms with Crippen molar-refractivity contribution in [3.8, 4) is 0 Å². The van der Waals surface area contributed by atoms with E-state index in [0.29, 0.717) is 12.0 Å². The number of nitrogens with one attached hydrogen (secondary N) is 1. The Kier molecular flexibility index (Phi) is 6.44. The molecule has 2 fully saturated rings. The van der Waals surface area contributed by atoms with Crippen molar-refractivity contribution in [2.75, 3.05) is 19.6 Å². The van der Waals surface area contributed by atoms with Gasteiger partial charge in [0, 0.05) is 26.1 Å². The molecule has 2 aliphatic heterocycles. The lowest BCUT2D eigenvalue weighted by Gasteiger charge is -2.33. The van der Waals surface area contributed by atoms with Crippen molar-refractivity contribution in [3.63, 3.8) is 0 Å². The molecule has 0 bridgehead atoms. The molecule has 3 rings (SSSR count). The summed E-state index contributed by atoms with van der Waals surface area (Å²) in [7, 11) is 0. The Morgan fingerprint density at radius 2 is 1.73 bits per heavy atom. The molecule has 2 aliphatic rings. The summed E-state index contributed by atoms with van der Waals surface area (Å²) >= 11 is 0. The van der Waals surface area contributed by atoms with Crippen molar-refractivity contribution in [2.24, 2.45) is 0 Å². The summed E-state index contributed by atoms with van der Waals surface area (Å²) in [6.07, 6.45) is 4.73. The molecule has 0 spiro atoms. The van der Waals surface area contributed by atoms with Gasteiger partial charge < -0.3 is 10.2 Å². The number of hydrogen-bond acceptors (Lipinski definition) is 2. The predicted octanol–water partition coefficient (Wildman–Crippen LogP) is 3.86. The normalized spacial score (nSPS) is 22.1. The molecule has 1 amide bonds. The highest BCUT2D eigenvalue weighted by Crippen LogP contribution is 2.35. The van der Waals surface area contributed by atoms with Crippen LogP contribution >= 0.6 is 0 Å². The number of benzene rings is 1. The summed E-state index contributed by atoms with van der Waals surface area (Å²) in [6.45, 7) is 8.64. The summed E-state index contributed by atoms with van der Waals surface area (Å²) in [5.41, 5.74) is 3.00. The van der Waals surface area contributed by atoms with Gasteiger partial charge in [0.1, 0.15) is 0 Å². The van der Waals surface area contributed by atoms with Gasteiger partial charge in [-0.15, -0.1) is 0 Å². The monoisotopic (exact) mass is 302 g/mol. The van der Waals surface area contributed by atoms with E-state index in [0.717, 1.165) is 32.5 Å². The van der Waals surface area contributed by atoms with Crippen LogP contribution in [0.5, 0.6) is 0 Å². The van der Waals surface area contributed by atoms with Gasteiger partial charge in [0.05, 0.1) is 0 Å². The average molecular weight is 302 g/mol. The lowest BCUT2D eigenvalue weighted by atomic mass is 9.84. The maximum atomic E-state index is 11.4. The zero-order valence-electron chi connectivity index (χ0n) is 14.3. The summed E-state index contributed by atoms with van der Waals surface area (Å²) in [5.74, 6) is 0.832. The first kappa shape index (κ1) is 17.0. The fraction of sp³-hybridized carbons (Fsp3) is 0.632. The number of carbonyl (C=O) groups excluding carboxylic acids is 1. The highest BCUT2D eigenvalue weighted by atomic mass is 16.2. The zero-order valence-corrected chi connectivity index (χ0v) is 14.3. The number of rotatable bonds is 2. The zero-order chi connectivity index (χ0) is 15.9. The summed E-state index contributed by atoms with van der Waals surface area (Å²) in [4.78, 5) is 13.4. The molecule has 3 heteroatoms. The molecule has 0 aliphatic carbocycles. The Morgan fingerprint density at radius 1 is 1.09 bits per heavy atom. The first-order valence-corrected chi connectivity index (χ1v) is 8.83. The number of likely N-dealkylation sites (tertiary alicyclic amines) is 1. The van der Waals surface area contributed by atoms with E-state index in [-0.39, 0.29) is 5.91 Å². The molecule has 1 N–H and O–H groups in total. The molecule has 22 heavy (non-hydrogen) atoms. The van der Waals surface area contributed by atoms with E-state index in [1.54, 1.807) is 6.92 Å². The van der Waals surface area contributed by atoms with E-state index in [2.05, 4.69) is 29.6 Å². The molecule has 1 atom stereocenters. The summed E-state index contributed by atoms with van der Waals surface area (Å²) < 4.78 is 0. The van der Waals surface area contributed by atoms with Crippen molar-refractivity contribution in [3.05, 3.63) is 35.4 Å². The number of hydrogen-bond donors (Lipinski definition) is 1. The number of carbonyl (C=O) groups is 1. The van der Waals surface area contributed by atoms with Gasteiger partial charge in [-0.05, 0) is 49.3 Å². The maximum Gasteiger partial charge on any atom is 0.219 e. The van der Waals surface area contributed by atoms with Crippen LogP contribution in [0, 0.1) is 0 Å². The molecular formula is C19H30N2O. The summed E-state index contributed by atoms with van der Waals surface area (Å²) in [5, 5.41) is 3.61. The quantitative estimate of drug-likeness (QED) is 0.899. The van der Waals surface area contributed by atoms with Crippen LogP contribution in [0.4, 0.5) is 0 Å². The maximum absolute atomic E-state index is 11.4. The molecule has 0 radical (unpaired) electrons. The Morgan fingerprint density at radius 3 is 2.27 bits per heavy atom. The minimum atomic E-state index is 0.217. The SMILES string of the molecule is CC.CC(=O)N1CCC(c2ccccc2[C@H]2CCCN2)CC1. The van der Waals surface area contributed by atoms with Crippen LogP contribution in [0.2, 0.25) is 0 Å². The van der Waals surface area contributed by atoms with E-state index in [9.17, 15) is 4.79 Å². The van der Waals surface area contributed by atoms with Gasteiger partial charge in [0.15, 0.2) is 0 Å². The number of piperidine rings is 1. The molecular weight excluding hydrogens is 272 g/mol. The van der Waals surface area contributed by atoms with Gasteiger partial charge in [-0.1, -0.05) is 38.1 Å². The van der Waals surface area contributed by atoms with E-state index < -0.39 is 0 Å². The highest BCUT2D eigenvalue weighted by Gasteiger charge is 2.26. The van der Waals surface area contributed by atoms with Gasteiger partial charge >= 0.3 is 0 Å². The van der Waals surface area contributed by atoms with Crippen molar-refractivity contribution >= 4 is 5.91 Å². The van der Waals surface area contributed by atoms with E-state index in [4.69, 9.17) is 0 Å². The predicted molar refractivity (Wildman–Crippen MR) is 92.0 cm³/mol. The molecule has 1 aromatic rings. The Bertz CT molecular complexity index is 472. The Balaban J connectivity index is 0.000000847. The third-order valence-electron chi connectivity index (χ3n) is 4.81. The second kappa shape index (κ2) is 8.33. The molecule has 122 valence electrons. The van der Waals surface area contributed by atoms with Crippen LogP contribution in [0.25, 0.3) is 0 Å². The smallest absolute Gasteiger partial charge is 0.219 e. The van der Waals surface area contributed by atoms with Crippen LogP contribution in [0.15, 0.2) is 24.3 Å². The lowest BCUT2D eigenvalue weighted by molar-refractivity contribution is -0.129. The third-order valence-corrected chi connectivity index (χ3v) is 4.81. The van der Waals surface area contributed by atoms with Gasteiger partial charge in [-0.25, -0.2) is 0 Å². The minimum Gasteiger partial charge on any atom is -0.343 e. The topological polar surface area (TPSA) is 32.3 Å². The van der Waals surface area contributed by atoms with Crippen molar-refractivity contribution in [1.29, 1.82) is 0 Å². The Labute approximate surface area is 135 Å². The molecule has 1 aromatic carbocycles. The van der Waals surface area contributed by atoms with E-state index in [1.165, 1.54) is 24.0 Å². The molecule has 2 saturated heterocycles.